The minimum absolute atomic E-state index is 0.0194. The van der Waals surface area contributed by atoms with Crippen LogP contribution in [-0.2, 0) is 17.8 Å². The van der Waals surface area contributed by atoms with Crippen LogP contribution in [0, 0.1) is 5.92 Å². The number of hydrogen-bond donors (Lipinski definition) is 1. The van der Waals surface area contributed by atoms with Crippen molar-refractivity contribution < 1.29 is 4.79 Å². The first kappa shape index (κ1) is 22.5. The SMILES string of the molecule is CN1C=C(c2ccc3c(c2)CC(C)(NC(=O)C2CCN(Cc4cnccn4)CC2)N=C3)C=CC1. The average Bonchev–Trinajstić information content (AvgIpc) is 2.84. The number of likely N-dealkylation sites (N-methyl/N-ethyl adjacent to an activating group) is 1. The normalized spacial score (nSPS) is 22.9. The molecule has 0 aliphatic carbocycles. The fourth-order valence-corrected chi connectivity index (χ4v) is 4.98. The van der Waals surface area contributed by atoms with Crippen molar-refractivity contribution in [1.29, 1.82) is 0 Å². The molecule has 1 aromatic heterocycles. The molecule has 1 aromatic carbocycles. The third-order valence-electron chi connectivity index (χ3n) is 6.90. The number of piperidine rings is 1. The summed E-state index contributed by atoms with van der Waals surface area (Å²) < 4.78 is 0. The van der Waals surface area contributed by atoms with Crippen molar-refractivity contribution in [2.45, 2.75) is 38.4 Å². The van der Waals surface area contributed by atoms with E-state index in [9.17, 15) is 4.79 Å². The number of amides is 1. The first-order valence-electron chi connectivity index (χ1n) is 12.0. The topological polar surface area (TPSA) is 73.7 Å². The molecule has 1 unspecified atom stereocenters. The van der Waals surface area contributed by atoms with Crippen molar-refractivity contribution in [3.05, 3.63) is 77.5 Å². The Morgan fingerprint density at radius 2 is 2.09 bits per heavy atom. The summed E-state index contributed by atoms with van der Waals surface area (Å²) in [5.41, 5.74) is 5.10. The molecule has 2 aromatic rings. The Morgan fingerprint density at radius 1 is 1.24 bits per heavy atom. The number of carbonyl (C=O) groups excluding carboxylic acids is 1. The summed E-state index contributed by atoms with van der Waals surface area (Å²) in [6, 6.07) is 6.52. The monoisotopic (exact) mass is 456 g/mol. The van der Waals surface area contributed by atoms with Gasteiger partial charge in [0.1, 0.15) is 5.66 Å². The summed E-state index contributed by atoms with van der Waals surface area (Å²) in [6.45, 7) is 5.51. The minimum atomic E-state index is -0.618. The van der Waals surface area contributed by atoms with Crippen molar-refractivity contribution >= 4 is 17.7 Å². The fourth-order valence-electron chi connectivity index (χ4n) is 4.98. The minimum Gasteiger partial charge on any atom is -0.376 e. The molecule has 1 N–H and O–H groups in total. The van der Waals surface area contributed by atoms with Gasteiger partial charge in [0.05, 0.1) is 5.69 Å². The lowest BCUT2D eigenvalue weighted by molar-refractivity contribution is -0.128. The molecule has 176 valence electrons. The summed E-state index contributed by atoms with van der Waals surface area (Å²) >= 11 is 0. The molecule has 1 amide bonds. The number of likely N-dealkylation sites (tertiary alicyclic amines) is 1. The van der Waals surface area contributed by atoms with Crippen LogP contribution in [0.3, 0.4) is 0 Å². The molecule has 0 radical (unpaired) electrons. The number of allylic oxidation sites excluding steroid dienone is 2. The van der Waals surface area contributed by atoms with Crippen LogP contribution < -0.4 is 5.32 Å². The van der Waals surface area contributed by atoms with Gasteiger partial charge in [-0.1, -0.05) is 30.4 Å². The second-order valence-electron chi connectivity index (χ2n) is 9.79. The van der Waals surface area contributed by atoms with Gasteiger partial charge in [-0.3, -0.25) is 24.7 Å². The Balaban J connectivity index is 1.20. The number of aliphatic imine (C=N–C) groups is 1. The fraction of sp³-hybridized carbons (Fsp3) is 0.407. The van der Waals surface area contributed by atoms with E-state index in [1.807, 2.05) is 19.3 Å². The third-order valence-corrected chi connectivity index (χ3v) is 6.90. The van der Waals surface area contributed by atoms with Crippen molar-refractivity contribution in [3.8, 4) is 0 Å². The predicted octanol–water partition coefficient (Wildman–Crippen LogP) is 3.04. The number of benzene rings is 1. The van der Waals surface area contributed by atoms with E-state index in [4.69, 9.17) is 4.99 Å². The molecule has 0 bridgehead atoms. The maximum Gasteiger partial charge on any atom is 0.225 e. The van der Waals surface area contributed by atoms with Crippen LogP contribution in [-0.4, -0.2) is 64.2 Å². The van der Waals surface area contributed by atoms with Crippen LogP contribution in [0.5, 0.6) is 0 Å². The smallest absolute Gasteiger partial charge is 0.225 e. The highest BCUT2D eigenvalue weighted by molar-refractivity contribution is 5.87. The van der Waals surface area contributed by atoms with E-state index < -0.39 is 5.66 Å². The largest absolute Gasteiger partial charge is 0.376 e. The predicted molar refractivity (Wildman–Crippen MR) is 134 cm³/mol. The number of carbonyl (C=O) groups is 1. The maximum absolute atomic E-state index is 13.1. The van der Waals surface area contributed by atoms with E-state index in [0.29, 0.717) is 6.42 Å². The molecule has 5 rings (SSSR count). The van der Waals surface area contributed by atoms with E-state index >= 15 is 0 Å². The summed E-state index contributed by atoms with van der Waals surface area (Å²) in [4.78, 5) is 30.9. The highest BCUT2D eigenvalue weighted by Gasteiger charge is 2.33. The number of rotatable bonds is 5. The number of fused-ring (bicyclic) bond motifs is 1. The third kappa shape index (κ3) is 5.09. The van der Waals surface area contributed by atoms with Crippen LogP contribution in [0.2, 0.25) is 0 Å². The number of nitrogens with zero attached hydrogens (tertiary/aromatic N) is 5. The molecule has 4 heterocycles. The van der Waals surface area contributed by atoms with Gasteiger partial charge in [-0.15, -0.1) is 0 Å². The molecule has 3 aliphatic rings. The molecule has 7 nitrogen and oxygen atoms in total. The summed E-state index contributed by atoms with van der Waals surface area (Å²) in [5.74, 6) is 0.129. The van der Waals surface area contributed by atoms with Gasteiger partial charge in [0.15, 0.2) is 0 Å². The first-order chi connectivity index (χ1) is 16.5. The van der Waals surface area contributed by atoms with Crippen molar-refractivity contribution in [3.63, 3.8) is 0 Å². The van der Waals surface area contributed by atoms with Crippen molar-refractivity contribution in [2.75, 3.05) is 26.7 Å². The van der Waals surface area contributed by atoms with Gasteiger partial charge >= 0.3 is 0 Å². The molecule has 0 spiro atoms. The zero-order valence-electron chi connectivity index (χ0n) is 19.9. The Kier molecular flexibility index (Phi) is 6.28. The van der Waals surface area contributed by atoms with E-state index in [1.54, 1.807) is 12.4 Å². The standard InChI is InChI=1S/C27H32N6O/c1-27(31-26(34)20-7-12-33(13-8-20)19-25-17-28-9-10-29-25)15-24-14-21(5-6-22(24)16-30-27)23-4-3-11-32(2)18-23/h3-6,9-10,14,16-18,20H,7-8,11-13,15,19H2,1-2H3,(H,31,34). The van der Waals surface area contributed by atoms with Gasteiger partial charge < -0.3 is 10.2 Å². The highest BCUT2D eigenvalue weighted by atomic mass is 16.2. The zero-order valence-corrected chi connectivity index (χ0v) is 19.9. The Hall–Kier alpha value is -3.32. The average molecular weight is 457 g/mol. The second-order valence-corrected chi connectivity index (χ2v) is 9.79. The van der Waals surface area contributed by atoms with Crippen LogP contribution >= 0.6 is 0 Å². The number of aromatic nitrogens is 2. The van der Waals surface area contributed by atoms with Crippen molar-refractivity contribution in [1.82, 2.24) is 25.1 Å². The quantitative estimate of drug-likeness (QED) is 0.749. The van der Waals surface area contributed by atoms with Gasteiger partial charge in [0, 0.05) is 63.5 Å². The molecular weight excluding hydrogens is 424 g/mol. The molecule has 7 heteroatoms. The lowest BCUT2D eigenvalue weighted by atomic mass is 9.89. The number of nitrogens with one attached hydrogen (secondary N) is 1. The molecule has 3 aliphatic heterocycles. The Bertz CT molecular complexity index is 1130. The Labute approximate surface area is 201 Å². The van der Waals surface area contributed by atoms with E-state index in [1.165, 1.54) is 16.7 Å². The molecular formula is C27H32N6O. The van der Waals surface area contributed by atoms with Crippen LogP contribution in [0.1, 0.15) is 42.1 Å². The molecule has 34 heavy (non-hydrogen) atoms. The maximum atomic E-state index is 13.1. The van der Waals surface area contributed by atoms with Crippen LogP contribution in [0.15, 0.2) is 60.1 Å². The highest BCUT2D eigenvalue weighted by Crippen LogP contribution is 2.28. The zero-order chi connectivity index (χ0) is 23.5. The van der Waals surface area contributed by atoms with Crippen LogP contribution in [0.4, 0.5) is 0 Å². The lowest BCUT2D eigenvalue weighted by Crippen LogP contribution is -2.51. The van der Waals surface area contributed by atoms with Crippen molar-refractivity contribution in [2.24, 2.45) is 10.9 Å². The van der Waals surface area contributed by atoms with Gasteiger partial charge in [-0.25, -0.2) is 0 Å². The molecule has 1 saturated heterocycles. The van der Waals surface area contributed by atoms with Crippen LogP contribution in [0.25, 0.3) is 5.57 Å². The van der Waals surface area contributed by atoms with Gasteiger partial charge in [0.25, 0.3) is 0 Å². The summed E-state index contributed by atoms with van der Waals surface area (Å²) in [6.07, 6.45) is 16.1. The molecule has 1 fully saturated rings. The van der Waals surface area contributed by atoms with Gasteiger partial charge in [-0.05, 0) is 55.1 Å². The summed E-state index contributed by atoms with van der Waals surface area (Å²) in [7, 11) is 2.08. The Morgan fingerprint density at radius 3 is 2.85 bits per heavy atom. The van der Waals surface area contributed by atoms with E-state index in [0.717, 1.165) is 50.3 Å². The lowest BCUT2D eigenvalue weighted by Gasteiger charge is -2.35. The van der Waals surface area contributed by atoms with E-state index in [2.05, 4.69) is 68.7 Å². The summed E-state index contributed by atoms with van der Waals surface area (Å²) in [5, 5.41) is 3.26. The van der Waals surface area contributed by atoms with Gasteiger partial charge in [-0.2, -0.15) is 0 Å². The van der Waals surface area contributed by atoms with Gasteiger partial charge in [0.2, 0.25) is 5.91 Å². The second kappa shape index (κ2) is 9.50. The van der Waals surface area contributed by atoms with E-state index in [-0.39, 0.29) is 11.8 Å². The molecule has 1 atom stereocenters. The first-order valence-corrected chi connectivity index (χ1v) is 12.0. The number of hydrogen-bond acceptors (Lipinski definition) is 6. The molecule has 0 saturated carbocycles.